The van der Waals surface area contributed by atoms with Crippen LogP contribution in [0.4, 0.5) is 0 Å². The van der Waals surface area contributed by atoms with Gasteiger partial charge < -0.3 is 14.8 Å². The molecule has 0 aliphatic carbocycles. The Labute approximate surface area is 128 Å². The molecule has 21 heavy (non-hydrogen) atoms. The number of nitrogens with zero attached hydrogens (tertiary/aromatic N) is 3. The highest BCUT2D eigenvalue weighted by atomic mass is 32.1. The molecule has 112 valence electrons. The highest BCUT2D eigenvalue weighted by Crippen LogP contribution is 2.24. The molecule has 0 radical (unpaired) electrons. The largest absolute Gasteiger partial charge is 0.346 e. The Morgan fingerprint density at radius 1 is 1.52 bits per heavy atom. The van der Waals surface area contributed by atoms with E-state index in [0.717, 1.165) is 41.6 Å². The number of piperazine rings is 1. The van der Waals surface area contributed by atoms with Gasteiger partial charge in [0, 0.05) is 49.9 Å². The first-order valence-corrected chi connectivity index (χ1v) is 8.05. The molecule has 0 aromatic carbocycles. The van der Waals surface area contributed by atoms with E-state index in [-0.39, 0.29) is 11.9 Å². The fourth-order valence-corrected chi connectivity index (χ4v) is 3.33. The van der Waals surface area contributed by atoms with E-state index >= 15 is 0 Å². The van der Waals surface area contributed by atoms with Crippen molar-refractivity contribution in [2.24, 2.45) is 7.05 Å². The molecular weight excluding hydrogens is 284 g/mol. The molecule has 1 fully saturated rings. The Kier molecular flexibility index (Phi) is 3.82. The number of carbonyl (C=O) groups is 1. The lowest BCUT2D eigenvalue weighted by molar-refractivity contribution is 0.0646. The van der Waals surface area contributed by atoms with Crippen molar-refractivity contribution < 1.29 is 4.79 Å². The summed E-state index contributed by atoms with van der Waals surface area (Å²) in [4.78, 5) is 19.2. The van der Waals surface area contributed by atoms with Crippen LogP contribution in [0, 0.1) is 6.92 Å². The topological polar surface area (TPSA) is 50.2 Å². The number of hydrogen-bond donors (Lipinski definition) is 1. The molecule has 6 heteroatoms. The van der Waals surface area contributed by atoms with Crippen LogP contribution in [-0.4, -0.2) is 46.0 Å². The van der Waals surface area contributed by atoms with Gasteiger partial charge in [0.25, 0.3) is 5.91 Å². The van der Waals surface area contributed by atoms with Crippen LogP contribution in [0.5, 0.6) is 0 Å². The highest BCUT2D eigenvalue weighted by molar-refractivity contribution is 7.09. The molecule has 1 N–H and O–H groups in total. The summed E-state index contributed by atoms with van der Waals surface area (Å²) in [6.07, 6.45) is 1.98. The number of amides is 1. The summed E-state index contributed by atoms with van der Waals surface area (Å²) < 4.78 is 1.90. The molecule has 1 aliphatic heterocycles. The van der Waals surface area contributed by atoms with Crippen molar-refractivity contribution in [3.8, 4) is 11.3 Å². The normalized spacial score (nSPS) is 19.0. The lowest BCUT2D eigenvalue weighted by atomic mass is 10.2. The van der Waals surface area contributed by atoms with Crippen molar-refractivity contribution in [2.75, 3.05) is 19.6 Å². The van der Waals surface area contributed by atoms with Crippen LogP contribution in [0.15, 0.2) is 17.6 Å². The summed E-state index contributed by atoms with van der Waals surface area (Å²) in [5.74, 6) is 0.102. The lowest BCUT2D eigenvalue weighted by Gasteiger charge is -2.34. The Bertz CT molecular complexity index is 660. The van der Waals surface area contributed by atoms with Crippen LogP contribution in [0.25, 0.3) is 11.3 Å². The molecule has 1 aliphatic rings. The number of thiazole rings is 1. The molecule has 0 saturated carbocycles. The van der Waals surface area contributed by atoms with Crippen molar-refractivity contribution in [2.45, 2.75) is 19.9 Å². The minimum Gasteiger partial charge on any atom is -0.346 e. The number of rotatable bonds is 2. The summed E-state index contributed by atoms with van der Waals surface area (Å²) in [5.41, 5.74) is 2.68. The van der Waals surface area contributed by atoms with Crippen LogP contribution in [0.1, 0.15) is 22.4 Å². The quantitative estimate of drug-likeness (QED) is 0.922. The Hall–Kier alpha value is -1.66. The molecule has 2 aromatic rings. The van der Waals surface area contributed by atoms with E-state index in [4.69, 9.17) is 0 Å². The molecule has 2 aromatic heterocycles. The van der Waals surface area contributed by atoms with Gasteiger partial charge >= 0.3 is 0 Å². The van der Waals surface area contributed by atoms with E-state index in [0.29, 0.717) is 0 Å². The predicted octanol–water partition coefficient (Wildman–Crippen LogP) is 1.89. The van der Waals surface area contributed by atoms with Gasteiger partial charge in [-0.15, -0.1) is 11.3 Å². The summed E-state index contributed by atoms with van der Waals surface area (Å²) in [6, 6.07) is 2.18. The molecule has 3 rings (SSSR count). The first-order valence-electron chi connectivity index (χ1n) is 7.17. The SMILES string of the molecule is Cc1nc(-c2cc(C(=O)N3CCNC[C@H]3C)n(C)c2)cs1. The molecule has 0 spiro atoms. The number of aromatic nitrogens is 2. The van der Waals surface area contributed by atoms with Gasteiger partial charge in [-0.1, -0.05) is 0 Å². The van der Waals surface area contributed by atoms with Crippen LogP contribution >= 0.6 is 11.3 Å². The first kappa shape index (κ1) is 14.3. The maximum atomic E-state index is 12.7. The van der Waals surface area contributed by atoms with Gasteiger partial charge in [0.15, 0.2) is 0 Å². The van der Waals surface area contributed by atoms with Gasteiger partial charge in [-0.25, -0.2) is 4.98 Å². The average Bonchev–Trinajstić information content (AvgIpc) is 3.05. The summed E-state index contributed by atoms with van der Waals surface area (Å²) in [5, 5.41) is 6.38. The predicted molar refractivity (Wildman–Crippen MR) is 84.6 cm³/mol. The van der Waals surface area contributed by atoms with E-state index in [1.807, 2.05) is 41.1 Å². The van der Waals surface area contributed by atoms with Crippen molar-refractivity contribution in [3.05, 3.63) is 28.3 Å². The second kappa shape index (κ2) is 5.61. The molecule has 3 heterocycles. The molecule has 1 amide bonds. The van der Waals surface area contributed by atoms with Gasteiger partial charge in [0.1, 0.15) is 5.69 Å². The first-order chi connectivity index (χ1) is 10.1. The number of aryl methyl sites for hydroxylation is 2. The minimum atomic E-state index is 0.102. The molecule has 5 nitrogen and oxygen atoms in total. The minimum absolute atomic E-state index is 0.102. The van der Waals surface area contributed by atoms with Crippen molar-refractivity contribution >= 4 is 17.2 Å². The lowest BCUT2D eigenvalue weighted by Crippen LogP contribution is -2.52. The summed E-state index contributed by atoms with van der Waals surface area (Å²) in [6.45, 7) is 6.55. The standard InChI is InChI=1S/C15H20N4OS/c1-10-7-16-4-5-19(10)15(20)14-6-12(8-18(14)3)13-9-21-11(2)17-13/h6,8-10,16H,4-5,7H2,1-3H3/t10-/m1/s1. The monoisotopic (exact) mass is 304 g/mol. The molecule has 0 bridgehead atoms. The molecule has 0 unspecified atom stereocenters. The summed E-state index contributed by atoms with van der Waals surface area (Å²) >= 11 is 1.63. The fourth-order valence-electron chi connectivity index (χ4n) is 2.70. The Balaban J connectivity index is 1.88. The van der Waals surface area contributed by atoms with Crippen LogP contribution in [0.2, 0.25) is 0 Å². The average molecular weight is 304 g/mol. The van der Waals surface area contributed by atoms with E-state index in [2.05, 4.69) is 17.2 Å². The van der Waals surface area contributed by atoms with Crippen LogP contribution in [-0.2, 0) is 7.05 Å². The zero-order valence-electron chi connectivity index (χ0n) is 12.6. The van der Waals surface area contributed by atoms with Crippen LogP contribution in [0.3, 0.4) is 0 Å². The molecule has 1 atom stereocenters. The van der Waals surface area contributed by atoms with Gasteiger partial charge in [-0.2, -0.15) is 0 Å². The van der Waals surface area contributed by atoms with Gasteiger partial charge in [-0.3, -0.25) is 4.79 Å². The van der Waals surface area contributed by atoms with E-state index in [1.165, 1.54) is 0 Å². The molecule has 1 saturated heterocycles. The van der Waals surface area contributed by atoms with Gasteiger partial charge in [-0.05, 0) is 19.9 Å². The second-order valence-electron chi connectivity index (χ2n) is 5.53. The number of carbonyl (C=O) groups excluding carboxylic acids is 1. The zero-order valence-corrected chi connectivity index (χ0v) is 13.4. The van der Waals surface area contributed by atoms with Gasteiger partial charge in [0.05, 0.1) is 10.7 Å². The second-order valence-corrected chi connectivity index (χ2v) is 6.59. The fraction of sp³-hybridized carbons (Fsp3) is 0.467. The van der Waals surface area contributed by atoms with Crippen LogP contribution < -0.4 is 5.32 Å². The maximum absolute atomic E-state index is 12.7. The Morgan fingerprint density at radius 3 is 3.00 bits per heavy atom. The Morgan fingerprint density at radius 2 is 2.33 bits per heavy atom. The van der Waals surface area contributed by atoms with Crippen molar-refractivity contribution in [1.29, 1.82) is 0 Å². The van der Waals surface area contributed by atoms with Crippen molar-refractivity contribution in [1.82, 2.24) is 19.8 Å². The third kappa shape index (κ3) is 2.73. The van der Waals surface area contributed by atoms with Crippen molar-refractivity contribution in [3.63, 3.8) is 0 Å². The van der Waals surface area contributed by atoms with Gasteiger partial charge in [0.2, 0.25) is 0 Å². The highest BCUT2D eigenvalue weighted by Gasteiger charge is 2.26. The third-order valence-electron chi connectivity index (χ3n) is 3.90. The zero-order chi connectivity index (χ0) is 15.0. The summed E-state index contributed by atoms with van der Waals surface area (Å²) in [7, 11) is 1.92. The maximum Gasteiger partial charge on any atom is 0.270 e. The number of nitrogens with one attached hydrogen (secondary N) is 1. The third-order valence-corrected chi connectivity index (χ3v) is 4.67. The molecular formula is C15H20N4OS. The van der Waals surface area contributed by atoms with E-state index in [9.17, 15) is 4.79 Å². The smallest absolute Gasteiger partial charge is 0.270 e. The van der Waals surface area contributed by atoms with E-state index < -0.39 is 0 Å². The number of hydrogen-bond acceptors (Lipinski definition) is 4. The van der Waals surface area contributed by atoms with E-state index in [1.54, 1.807) is 11.3 Å².